The lowest BCUT2D eigenvalue weighted by Gasteiger charge is -2.32. The largest absolute Gasteiger partial charge is 0.355 e. The van der Waals surface area contributed by atoms with Gasteiger partial charge in [-0.1, -0.05) is 42.5 Å². The van der Waals surface area contributed by atoms with Gasteiger partial charge in [0.15, 0.2) is 5.65 Å². The summed E-state index contributed by atoms with van der Waals surface area (Å²) in [4.78, 5) is 27.9. The first-order chi connectivity index (χ1) is 15.7. The summed E-state index contributed by atoms with van der Waals surface area (Å²) < 4.78 is 1.93. The summed E-state index contributed by atoms with van der Waals surface area (Å²) in [6.07, 6.45) is 4.13. The van der Waals surface area contributed by atoms with Crippen LogP contribution in [-0.4, -0.2) is 50.9 Å². The number of carbonyl (C=O) groups is 2. The smallest absolute Gasteiger partial charge is 0.254 e. The minimum absolute atomic E-state index is 0.00533. The molecule has 1 aliphatic rings. The Labute approximate surface area is 186 Å². The monoisotopic (exact) mass is 427 g/mol. The van der Waals surface area contributed by atoms with Crippen LogP contribution < -0.4 is 5.32 Å². The summed E-state index contributed by atoms with van der Waals surface area (Å²) in [6, 6.07) is 19.5. The molecule has 5 rings (SSSR count). The summed E-state index contributed by atoms with van der Waals surface area (Å²) in [6.45, 7) is 1.61. The van der Waals surface area contributed by atoms with Crippen molar-refractivity contribution in [2.75, 3.05) is 19.6 Å². The Morgan fingerprint density at radius 2 is 1.84 bits per heavy atom. The average molecular weight is 428 g/mol. The molecule has 7 heteroatoms. The molecule has 0 saturated carbocycles. The second kappa shape index (κ2) is 8.78. The Bertz CT molecular complexity index is 1280. The molecule has 1 saturated heterocycles. The van der Waals surface area contributed by atoms with E-state index in [0.717, 1.165) is 35.1 Å². The molecule has 2 aromatic heterocycles. The Morgan fingerprint density at radius 3 is 2.78 bits per heavy atom. The zero-order chi connectivity index (χ0) is 21.9. The van der Waals surface area contributed by atoms with Gasteiger partial charge in [0.1, 0.15) is 5.82 Å². The van der Waals surface area contributed by atoms with Crippen LogP contribution in [0.15, 0.2) is 66.9 Å². The van der Waals surface area contributed by atoms with Crippen molar-refractivity contribution in [2.24, 2.45) is 5.92 Å². The van der Waals surface area contributed by atoms with E-state index in [0.29, 0.717) is 31.6 Å². The minimum Gasteiger partial charge on any atom is -0.355 e. The average Bonchev–Trinajstić information content (AvgIpc) is 3.26. The number of aromatic nitrogens is 3. The molecule has 1 N–H and O–H groups in total. The van der Waals surface area contributed by atoms with Gasteiger partial charge in [-0.15, -0.1) is 10.2 Å². The number of benzene rings is 2. The van der Waals surface area contributed by atoms with Crippen LogP contribution in [0.5, 0.6) is 0 Å². The predicted octanol–water partition coefficient (Wildman–Crippen LogP) is 3.09. The SMILES string of the molecule is O=C(NCCc1nnc2ccccn12)C1CCCN(C(=O)c2cccc3ccccc23)C1. The van der Waals surface area contributed by atoms with E-state index in [1.807, 2.05) is 76.2 Å². The van der Waals surface area contributed by atoms with Gasteiger partial charge in [0, 0.05) is 37.8 Å². The van der Waals surface area contributed by atoms with E-state index in [1.54, 1.807) is 0 Å². The molecule has 1 atom stereocenters. The molecule has 0 spiro atoms. The van der Waals surface area contributed by atoms with Crippen molar-refractivity contribution in [3.63, 3.8) is 0 Å². The van der Waals surface area contributed by atoms with Crippen LogP contribution in [0.3, 0.4) is 0 Å². The third-order valence-corrected chi connectivity index (χ3v) is 6.13. The van der Waals surface area contributed by atoms with Crippen molar-refractivity contribution in [1.29, 1.82) is 0 Å². The molecule has 1 aliphatic heterocycles. The maximum Gasteiger partial charge on any atom is 0.254 e. The standard InChI is InChI=1S/C25H25N5O2/c31-24(26-14-13-23-28-27-22-12-3-4-16-30(22)23)19-9-6-15-29(17-19)25(32)21-11-5-8-18-7-1-2-10-20(18)21/h1-5,7-8,10-12,16,19H,6,9,13-15,17H2,(H,26,31). The molecule has 2 amide bonds. The Kier molecular flexibility index (Phi) is 5.54. The molecule has 32 heavy (non-hydrogen) atoms. The third-order valence-electron chi connectivity index (χ3n) is 6.13. The molecular weight excluding hydrogens is 402 g/mol. The van der Waals surface area contributed by atoms with Crippen molar-refractivity contribution < 1.29 is 9.59 Å². The van der Waals surface area contributed by atoms with Gasteiger partial charge in [-0.05, 0) is 41.8 Å². The first-order valence-corrected chi connectivity index (χ1v) is 11.0. The number of hydrogen-bond donors (Lipinski definition) is 1. The highest BCUT2D eigenvalue weighted by atomic mass is 16.2. The van der Waals surface area contributed by atoms with Gasteiger partial charge in [-0.3, -0.25) is 14.0 Å². The second-order valence-electron chi connectivity index (χ2n) is 8.20. The topological polar surface area (TPSA) is 79.6 Å². The van der Waals surface area contributed by atoms with Gasteiger partial charge in [0.25, 0.3) is 5.91 Å². The summed E-state index contributed by atoms with van der Waals surface area (Å²) in [5.74, 6) is 0.610. The van der Waals surface area contributed by atoms with Gasteiger partial charge in [0.2, 0.25) is 5.91 Å². The molecule has 4 aromatic rings. The number of carbonyl (C=O) groups excluding carboxylic acids is 2. The van der Waals surface area contributed by atoms with Crippen LogP contribution in [0.25, 0.3) is 16.4 Å². The molecule has 7 nitrogen and oxygen atoms in total. The highest BCUT2D eigenvalue weighted by molar-refractivity contribution is 6.07. The molecular formula is C25H25N5O2. The molecule has 2 aromatic carbocycles. The lowest BCUT2D eigenvalue weighted by Crippen LogP contribution is -2.45. The molecule has 0 radical (unpaired) electrons. The predicted molar refractivity (Wildman–Crippen MR) is 122 cm³/mol. The van der Waals surface area contributed by atoms with Crippen LogP contribution in [0, 0.1) is 5.92 Å². The molecule has 3 heterocycles. The number of fused-ring (bicyclic) bond motifs is 2. The van der Waals surface area contributed by atoms with Crippen molar-refractivity contribution in [3.8, 4) is 0 Å². The molecule has 162 valence electrons. The molecule has 0 bridgehead atoms. The van der Waals surface area contributed by atoms with Gasteiger partial charge >= 0.3 is 0 Å². The van der Waals surface area contributed by atoms with Gasteiger partial charge in [-0.25, -0.2) is 0 Å². The number of pyridine rings is 1. The second-order valence-corrected chi connectivity index (χ2v) is 8.20. The van der Waals surface area contributed by atoms with Crippen molar-refractivity contribution >= 4 is 28.2 Å². The van der Waals surface area contributed by atoms with E-state index in [2.05, 4.69) is 15.5 Å². The van der Waals surface area contributed by atoms with E-state index in [4.69, 9.17) is 0 Å². The number of hydrogen-bond acceptors (Lipinski definition) is 4. The Balaban J connectivity index is 1.21. The summed E-state index contributed by atoms with van der Waals surface area (Å²) in [5.41, 5.74) is 1.49. The fourth-order valence-corrected chi connectivity index (χ4v) is 4.46. The van der Waals surface area contributed by atoms with Crippen molar-refractivity contribution in [1.82, 2.24) is 24.8 Å². The normalized spacial score (nSPS) is 16.4. The number of nitrogens with zero attached hydrogens (tertiary/aromatic N) is 4. The first-order valence-electron chi connectivity index (χ1n) is 11.0. The number of piperidine rings is 1. The van der Waals surface area contributed by atoms with Crippen LogP contribution in [-0.2, 0) is 11.2 Å². The van der Waals surface area contributed by atoms with Gasteiger partial charge in [0.05, 0.1) is 5.92 Å². The zero-order valence-electron chi connectivity index (χ0n) is 17.8. The highest BCUT2D eigenvalue weighted by Gasteiger charge is 2.29. The van der Waals surface area contributed by atoms with E-state index >= 15 is 0 Å². The van der Waals surface area contributed by atoms with Gasteiger partial charge in [-0.2, -0.15) is 0 Å². The number of amides is 2. The molecule has 1 fully saturated rings. The Hall–Kier alpha value is -3.74. The van der Waals surface area contributed by atoms with Gasteiger partial charge < -0.3 is 10.2 Å². The maximum atomic E-state index is 13.3. The van der Waals surface area contributed by atoms with Crippen LogP contribution >= 0.6 is 0 Å². The van der Waals surface area contributed by atoms with Crippen LogP contribution in [0.1, 0.15) is 29.0 Å². The zero-order valence-corrected chi connectivity index (χ0v) is 17.8. The lowest BCUT2D eigenvalue weighted by atomic mass is 9.95. The quantitative estimate of drug-likeness (QED) is 0.531. The number of likely N-dealkylation sites (tertiary alicyclic amines) is 1. The van der Waals surface area contributed by atoms with E-state index in [-0.39, 0.29) is 17.7 Å². The van der Waals surface area contributed by atoms with E-state index in [9.17, 15) is 9.59 Å². The molecule has 1 unspecified atom stereocenters. The summed E-state index contributed by atoms with van der Waals surface area (Å²) in [5, 5.41) is 13.4. The van der Waals surface area contributed by atoms with Crippen LogP contribution in [0.4, 0.5) is 0 Å². The maximum absolute atomic E-state index is 13.3. The fourth-order valence-electron chi connectivity index (χ4n) is 4.46. The van der Waals surface area contributed by atoms with Crippen LogP contribution in [0.2, 0.25) is 0 Å². The number of nitrogens with one attached hydrogen (secondary N) is 1. The van der Waals surface area contributed by atoms with E-state index < -0.39 is 0 Å². The first kappa shape index (κ1) is 20.2. The molecule has 0 aliphatic carbocycles. The third kappa shape index (κ3) is 3.93. The lowest BCUT2D eigenvalue weighted by molar-refractivity contribution is -0.126. The Morgan fingerprint density at radius 1 is 1.00 bits per heavy atom. The minimum atomic E-state index is -0.196. The summed E-state index contributed by atoms with van der Waals surface area (Å²) in [7, 11) is 0. The summed E-state index contributed by atoms with van der Waals surface area (Å²) >= 11 is 0. The van der Waals surface area contributed by atoms with Crippen molar-refractivity contribution in [3.05, 3.63) is 78.2 Å². The fraction of sp³-hybridized carbons (Fsp3) is 0.280. The number of rotatable bonds is 5. The van der Waals surface area contributed by atoms with E-state index in [1.165, 1.54) is 0 Å². The highest BCUT2D eigenvalue weighted by Crippen LogP contribution is 2.23. The van der Waals surface area contributed by atoms with Crippen molar-refractivity contribution in [2.45, 2.75) is 19.3 Å².